The minimum absolute atomic E-state index is 0.664. The van der Waals surface area contributed by atoms with Gasteiger partial charge in [-0.1, -0.05) is 23.8 Å². The van der Waals surface area contributed by atoms with Gasteiger partial charge in [-0.25, -0.2) is 0 Å². The molecule has 0 fully saturated rings. The lowest BCUT2D eigenvalue weighted by atomic mass is 9.91. The van der Waals surface area contributed by atoms with Gasteiger partial charge in [0.15, 0.2) is 0 Å². The number of hydrogen-bond acceptors (Lipinski definition) is 3. The normalized spacial score (nSPS) is 36.2. The SMILES string of the molecule is NC1(Cl)C=CC(N)(c2ccco2)C=C1. The Balaban J connectivity index is 2.34. The number of rotatable bonds is 1. The maximum atomic E-state index is 6.06. The first-order valence-electron chi connectivity index (χ1n) is 4.23. The average molecular weight is 211 g/mol. The first-order valence-corrected chi connectivity index (χ1v) is 4.61. The lowest BCUT2D eigenvalue weighted by molar-refractivity contribution is 0.447. The zero-order chi connectivity index (χ0) is 10.2. The lowest BCUT2D eigenvalue weighted by Crippen LogP contribution is -2.39. The molecule has 2 rings (SSSR count). The maximum absolute atomic E-state index is 6.06. The molecule has 74 valence electrons. The minimum Gasteiger partial charge on any atom is -0.467 e. The van der Waals surface area contributed by atoms with Crippen LogP contribution < -0.4 is 11.5 Å². The minimum atomic E-state index is -0.935. The molecule has 0 radical (unpaired) electrons. The number of furan rings is 1. The van der Waals surface area contributed by atoms with Crippen LogP contribution in [0.15, 0.2) is 47.1 Å². The van der Waals surface area contributed by atoms with Crippen LogP contribution in [-0.4, -0.2) is 5.00 Å². The summed E-state index contributed by atoms with van der Waals surface area (Å²) in [5.41, 5.74) is 11.0. The number of alkyl halides is 1. The van der Waals surface area contributed by atoms with Gasteiger partial charge in [0, 0.05) is 0 Å². The van der Waals surface area contributed by atoms with E-state index in [1.165, 1.54) is 0 Å². The van der Waals surface area contributed by atoms with Crippen LogP contribution in [0.4, 0.5) is 0 Å². The molecule has 0 saturated carbocycles. The molecule has 1 aromatic heterocycles. The fourth-order valence-electron chi connectivity index (χ4n) is 1.33. The van der Waals surface area contributed by atoms with Gasteiger partial charge >= 0.3 is 0 Å². The van der Waals surface area contributed by atoms with Crippen molar-refractivity contribution in [1.82, 2.24) is 0 Å². The van der Waals surface area contributed by atoms with Crippen molar-refractivity contribution >= 4 is 11.6 Å². The van der Waals surface area contributed by atoms with Crippen LogP contribution in [0.25, 0.3) is 0 Å². The quantitative estimate of drug-likeness (QED) is 0.419. The van der Waals surface area contributed by atoms with Crippen LogP contribution in [0, 0.1) is 0 Å². The second kappa shape index (κ2) is 2.98. The molecule has 1 heterocycles. The molecule has 0 saturated heterocycles. The van der Waals surface area contributed by atoms with Crippen molar-refractivity contribution in [2.75, 3.05) is 0 Å². The first-order chi connectivity index (χ1) is 6.52. The summed E-state index contributed by atoms with van der Waals surface area (Å²) >= 11 is 5.88. The van der Waals surface area contributed by atoms with Gasteiger partial charge in [-0.15, -0.1) is 0 Å². The average Bonchev–Trinajstić information content (AvgIpc) is 2.64. The highest BCUT2D eigenvalue weighted by Crippen LogP contribution is 2.29. The topological polar surface area (TPSA) is 65.2 Å². The van der Waals surface area contributed by atoms with Crippen molar-refractivity contribution in [2.24, 2.45) is 11.5 Å². The molecule has 0 unspecified atom stereocenters. The summed E-state index contributed by atoms with van der Waals surface area (Å²) in [6.45, 7) is 0. The van der Waals surface area contributed by atoms with E-state index in [9.17, 15) is 0 Å². The van der Waals surface area contributed by atoms with E-state index in [1.807, 2.05) is 6.07 Å². The van der Waals surface area contributed by atoms with Crippen LogP contribution in [0.5, 0.6) is 0 Å². The third-order valence-corrected chi connectivity index (χ3v) is 2.43. The Bertz CT molecular complexity index is 363. The molecular formula is C10H11ClN2O. The molecule has 0 amide bonds. The number of hydrogen-bond donors (Lipinski definition) is 2. The molecule has 0 atom stereocenters. The maximum Gasteiger partial charge on any atom is 0.131 e. The summed E-state index contributed by atoms with van der Waals surface area (Å²) in [6, 6.07) is 3.60. The van der Waals surface area contributed by atoms with Gasteiger partial charge in [-0.3, -0.25) is 0 Å². The second-order valence-corrected chi connectivity index (χ2v) is 4.06. The molecular weight excluding hydrogens is 200 g/mol. The van der Waals surface area contributed by atoms with Gasteiger partial charge in [0.2, 0.25) is 0 Å². The lowest BCUT2D eigenvalue weighted by Gasteiger charge is -2.26. The summed E-state index contributed by atoms with van der Waals surface area (Å²) in [7, 11) is 0. The van der Waals surface area contributed by atoms with Gasteiger partial charge in [0.25, 0.3) is 0 Å². The van der Waals surface area contributed by atoms with Crippen molar-refractivity contribution < 1.29 is 4.42 Å². The van der Waals surface area contributed by atoms with E-state index in [4.69, 9.17) is 27.5 Å². The van der Waals surface area contributed by atoms with Gasteiger partial charge in [0.05, 0.1) is 6.26 Å². The molecule has 0 spiro atoms. The first kappa shape index (κ1) is 9.52. The van der Waals surface area contributed by atoms with Crippen LogP contribution in [0.2, 0.25) is 0 Å². The Hall–Kier alpha value is -1.03. The zero-order valence-electron chi connectivity index (χ0n) is 7.48. The van der Waals surface area contributed by atoms with E-state index in [0.717, 1.165) is 0 Å². The fourth-order valence-corrected chi connectivity index (χ4v) is 1.46. The predicted molar refractivity (Wildman–Crippen MR) is 55.6 cm³/mol. The van der Waals surface area contributed by atoms with Crippen molar-refractivity contribution in [3.63, 3.8) is 0 Å². The molecule has 14 heavy (non-hydrogen) atoms. The Kier molecular flexibility index (Phi) is 2.03. The van der Waals surface area contributed by atoms with E-state index in [-0.39, 0.29) is 0 Å². The van der Waals surface area contributed by atoms with E-state index in [0.29, 0.717) is 5.76 Å². The summed E-state index contributed by atoms with van der Waals surface area (Å²) in [5.74, 6) is 0.664. The van der Waals surface area contributed by atoms with Crippen LogP contribution in [0.3, 0.4) is 0 Å². The summed E-state index contributed by atoms with van der Waals surface area (Å²) < 4.78 is 5.23. The molecule has 1 aliphatic carbocycles. The van der Waals surface area contributed by atoms with Gasteiger partial charge in [-0.2, -0.15) is 0 Å². The Morgan fingerprint density at radius 3 is 2.29 bits per heavy atom. The summed E-state index contributed by atoms with van der Waals surface area (Å²) in [6.07, 6.45) is 8.35. The van der Waals surface area contributed by atoms with Crippen molar-refractivity contribution in [2.45, 2.75) is 10.5 Å². The zero-order valence-corrected chi connectivity index (χ0v) is 8.24. The third kappa shape index (κ3) is 1.62. The third-order valence-electron chi connectivity index (χ3n) is 2.18. The van der Waals surface area contributed by atoms with Crippen LogP contribution in [-0.2, 0) is 5.54 Å². The predicted octanol–water partition coefficient (Wildman–Crippen LogP) is 1.45. The summed E-state index contributed by atoms with van der Waals surface area (Å²) in [5, 5.41) is 0. The van der Waals surface area contributed by atoms with Gasteiger partial charge < -0.3 is 15.9 Å². The largest absolute Gasteiger partial charge is 0.467 e. The summed E-state index contributed by atoms with van der Waals surface area (Å²) in [4.78, 5) is -0.935. The molecule has 0 bridgehead atoms. The fraction of sp³-hybridized carbons (Fsp3) is 0.200. The van der Waals surface area contributed by atoms with E-state index in [2.05, 4.69) is 0 Å². The highest BCUT2D eigenvalue weighted by atomic mass is 35.5. The van der Waals surface area contributed by atoms with Crippen LogP contribution in [0.1, 0.15) is 5.76 Å². The van der Waals surface area contributed by atoms with Gasteiger partial charge in [-0.05, 0) is 24.3 Å². The molecule has 0 aromatic carbocycles. The molecule has 4 heteroatoms. The van der Waals surface area contributed by atoms with Gasteiger partial charge in [0.1, 0.15) is 16.3 Å². The molecule has 4 N–H and O–H groups in total. The molecule has 3 nitrogen and oxygen atoms in total. The van der Waals surface area contributed by atoms with Crippen LogP contribution >= 0.6 is 11.6 Å². The smallest absolute Gasteiger partial charge is 0.131 e. The molecule has 1 aromatic rings. The Morgan fingerprint density at radius 2 is 1.79 bits per heavy atom. The standard InChI is InChI=1S/C10H11ClN2O/c11-10(13)5-3-9(12,4-6-10)8-2-1-7-14-8/h1-7H,12-13H2. The molecule has 1 aliphatic rings. The monoisotopic (exact) mass is 210 g/mol. The highest BCUT2D eigenvalue weighted by Gasteiger charge is 2.30. The van der Waals surface area contributed by atoms with E-state index >= 15 is 0 Å². The number of nitrogens with two attached hydrogens (primary N) is 2. The number of halogens is 1. The van der Waals surface area contributed by atoms with E-state index < -0.39 is 10.5 Å². The van der Waals surface area contributed by atoms with Crippen molar-refractivity contribution in [3.8, 4) is 0 Å². The Labute approximate surface area is 87.0 Å². The van der Waals surface area contributed by atoms with Crippen molar-refractivity contribution in [1.29, 1.82) is 0 Å². The highest BCUT2D eigenvalue weighted by molar-refractivity contribution is 6.26. The molecule has 0 aliphatic heterocycles. The van der Waals surface area contributed by atoms with E-state index in [1.54, 1.807) is 36.6 Å². The second-order valence-electron chi connectivity index (χ2n) is 3.40. The van der Waals surface area contributed by atoms with Crippen molar-refractivity contribution in [3.05, 3.63) is 48.5 Å². The Morgan fingerprint density at radius 1 is 1.14 bits per heavy atom.